The Morgan fingerprint density at radius 3 is 2.26 bits per heavy atom. The minimum absolute atomic E-state index is 0.568. The Hall–Kier alpha value is -2.66. The summed E-state index contributed by atoms with van der Waals surface area (Å²) < 4.78 is 1.89. The van der Waals surface area contributed by atoms with Gasteiger partial charge in [-0.05, 0) is 23.3 Å². The van der Waals surface area contributed by atoms with E-state index in [2.05, 4.69) is 40.0 Å². The quantitative estimate of drug-likeness (QED) is 0.706. The predicted molar refractivity (Wildman–Crippen MR) is 97.3 cm³/mol. The van der Waals surface area contributed by atoms with Crippen LogP contribution in [0.2, 0.25) is 0 Å². The lowest BCUT2D eigenvalue weighted by atomic mass is 10.2. The normalized spacial score (nSPS) is 10.3. The van der Waals surface area contributed by atoms with Gasteiger partial charge in [-0.3, -0.25) is 4.68 Å². The summed E-state index contributed by atoms with van der Waals surface area (Å²) in [6.07, 6.45) is 1.94. The van der Waals surface area contributed by atoms with E-state index in [1.165, 1.54) is 11.1 Å². The number of nitrogens with one attached hydrogen (secondary N) is 2. The van der Waals surface area contributed by atoms with Gasteiger partial charge < -0.3 is 10.6 Å². The maximum absolute atomic E-state index is 5.30. The molecule has 3 aromatic rings. The first kappa shape index (κ1) is 15.2. The SMILES string of the molecule is S=C(NCc1ccccc1)Nc1ccn(Cc2ccccc2)n1. The summed E-state index contributed by atoms with van der Waals surface area (Å²) in [7, 11) is 0. The first-order valence-electron chi connectivity index (χ1n) is 7.46. The standard InChI is InChI=1S/C18H18N4S/c23-18(19-13-15-7-3-1-4-8-15)20-17-11-12-22(21-17)14-16-9-5-2-6-10-16/h1-12H,13-14H2,(H2,19,20,21,23). The van der Waals surface area contributed by atoms with Crippen LogP contribution in [0.1, 0.15) is 11.1 Å². The van der Waals surface area contributed by atoms with Crippen molar-refractivity contribution in [2.75, 3.05) is 5.32 Å². The molecule has 0 atom stereocenters. The van der Waals surface area contributed by atoms with Crippen molar-refractivity contribution in [3.05, 3.63) is 84.1 Å². The maximum atomic E-state index is 5.30. The molecule has 4 nitrogen and oxygen atoms in total. The van der Waals surface area contributed by atoms with Crippen LogP contribution in [0.3, 0.4) is 0 Å². The highest BCUT2D eigenvalue weighted by molar-refractivity contribution is 7.80. The molecule has 0 aliphatic rings. The van der Waals surface area contributed by atoms with Gasteiger partial charge in [0.05, 0.1) is 6.54 Å². The Morgan fingerprint density at radius 1 is 0.913 bits per heavy atom. The molecule has 5 heteroatoms. The fourth-order valence-corrected chi connectivity index (χ4v) is 2.40. The molecular formula is C18H18N4S. The Kier molecular flexibility index (Phi) is 5.01. The molecule has 0 radical (unpaired) electrons. The topological polar surface area (TPSA) is 41.9 Å². The molecule has 0 spiro atoms. The average molecular weight is 322 g/mol. The number of thiocarbonyl (C=S) groups is 1. The maximum Gasteiger partial charge on any atom is 0.172 e. The van der Waals surface area contributed by atoms with Gasteiger partial charge >= 0.3 is 0 Å². The lowest BCUT2D eigenvalue weighted by molar-refractivity contribution is 0.690. The fraction of sp³-hybridized carbons (Fsp3) is 0.111. The Balaban J connectivity index is 1.51. The molecule has 1 heterocycles. The molecule has 0 bridgehead atoms. The van der Waals surface area contributed by atoms with Gasteiger partial charge in [-0.1, -0.05) is 60.7 Å². The van der Waals surface area contributed by atoms with Gasteiger partial charge in [0.1, 0.15) is 0 Å². The summed E-state index contributed by atoms with van der Waals surface area (Å²) in [4.78, 5) is 0. The van der Waals surface area contributed by atoms with Gasteiger partial charge in [-0.2, -0.15) is 5.10 Å². The van der Waals surface area contributed by atoms with Gasteiger partial charge in [0.2, 0.25) is 0 Å². The number of aromatic nitrogens is 2. The average Bonchev–Trinajstić information content (AvgIpc) is 3.02. The molecule has 3 rings (SSSR count). The first-order chi connectivity index (χ1) is 11.3. The molecule has 23 heavy (non-hydrogen) atoms. The summed E-state index contributed by atoms with van der Waals surface area (Å²) in [6, 6.07) is 22.3. The van der Waals surface area contributed by atoms with Crippen LogP contribution in [0.4, 0.5) is 5.82 Å². The zero-order valence-corrected chi connectivity index (χ0v) is 13.5. The van der Waals surface area contributed by atoms with Crippen molar-refractivity contribution in [2.24, 2.45) is 0 Å². The summed E-state index contributed by atoms with van der Waals surface area (Å²) in [6.45, 7) is 1.43. The van der Waals surface area contributed by atoms with E-state index in [9.17, 15) is 0 Å². The van der Waals surface area contributed by atoms with Crippen molar-refractivity contribution in [2.45, 2.75) is 13.1 Å². The number of benzene rings is 2. The molecule has 2 aromatic carbocycles. The number of anilines is 1. The Labute approximate surface area is 141 Å². The van der Waals surface area contributed by atoms with Crippen molar-refractivity contribution < 1.29 is 0 Å². The molecular weight excluding hydrogens is 304 g/mol. The van der Waals surface area contributed by atoms with E-state index < -0.39 is 0 Å². The summed E-state index contributed by atoms with van der Waals surface area (Å²) >= 11 is 5.30. The number of rotatable bonds is 5. The van der Waals surface area contributed by atoms with Crippen LogP contribution in [0, 0.1) is 0 Å². The smallest absolute Gasteiger partial charge is 0.172 e. The Bertz CT molecular complexity index is 753. The molecule has 0 aliphatic heterocycles. The lowest BCUT2D eigenvalue weighted by Crippen LogP contribution is -2.28. The van der Waals surface area contributed by atoms with E-state index >= 15 is 0 Å². The van der Waals surface area contributed by atoms with Crippen molar-refractivity contribution in [3.63, 3.8) is 0 Å². The van der Waals surface area contributed by atoms with E-state index in [0.717, 1.165) is 12.4 Å². The van der Waals surface area contributed by atoms with Gasteiger partial charge in [0, 0.05) is 18.8 Å². The van der Waals surface area contributed by atoms with E-state index in [1.807, 2.05) is 53.3 Å². The van der Waals surface area contributed by atoms with Crippen molar-refractivity contribution in [1.29, 1.82) is 0 Å². The van der Waals surface area contributed by atoms with Gasteiger partial charge in [-0.25, -0.2) is 0 Å². The summed E-state index contributed by atoms with van der Waals surface area (Å²) in [5.74, 6) is 0.742. The number of hydrogen-bond acceptors (Lipinski definition) is 2. The second kappa shape index (κ2) is 7.56. The highest BCUT2D eigenvalue weighted by Gasteiger charge is 2.02. The molecule has 0 fully saturated rings. The monoisotopic (exact) mass is 322 g/mol. The highest BCUT2D eigenvalue weighted by Crippen LogP contribution is 2.06. The minimum Gasteiger partial charge on any atom is -0.358 e. The van der Waals surface area contributed by atoms with E-state index in [4.69, 9.17) is 12.2 Å². The summed E-state index contributed by atoms with van der Waals surface area (Å²) in [5.41, 5.74) is 2.40. The van der Waals surface area contributed by atoms with Crippen LogP contribution in [0.15, 0.2) is 72.9 Å². The van der Waals surface area contributed by atoms with Crippen molar-refractivity contribution in [1.82, 2.24) is 15.1 Å². The fourth-order valence-electron chi connectivity index (χ4n) is 2.23. The van der Waals surface area contributed by atoms with E-state index in [-0.39, 0.29) is 0 Å². The van der Waals surface area contributed by atoms with Gasteiger partial charge in [0.15, 0.2) is 10.9 Å². The number of nitrogens with zero attached hydrogens (tertiary/aromatic N) is 2. The van der Waals surface area contributed by atoms with Crippen LogP contribution in [-0.2, 0) is 13.1 Å². The van der Waals surface area contributed by atoms with E-state index in [1.54, 1.807) is 0 Å². The van der Waals surface area contributed by atoms with Crippen LogP contribution < -0.4 is 10.6 Å². The molecule has 2 N–H and O–H groups in total. The number of hydrogen-bond donors (Lipinski definition) is 2. The van der Waals surface area contributed by atoms with Crippen molar-refractivity contribution in [3.8, 4) is 0 Å². The molecule has 0 saturated heterocycles. The Morgan fingerprint density at radius 2 is 1.57 bits per heavy atom. The second-order valence-electron chi connectivity index (χ2n) is 5.18. The third kappa shape index (κ3) is 4.66. The largest absolute Gasteiger partial charge is 0.358 e. The zero-order valence-electron chi connectivity index (χ0n) is 12.6. The van der Waals surface area contributed by atoms with E-state index in [0.29, 0.717) is 11.7 Å². The summed E-state index contributed by atoms with van der Waals surface area (Å²) in [5, 5.41) is 11.3. The lowest BCUT2D eigenvalue weighted by Gasteiger charge is -2.08. The third-order valence-electron chi connectivity index (χ3n) is 3.37. The third-order valence-corrected chi connectivity index (χ3v) is 3.61. The zero-order chi connectivity index (χ0) is 15.9. The van der Waals surface area contributed by atoms with Crippen LogP contribution in [-0.4, -0.2) is 14.9 Å². The van der Waals surface area contributed by atoms with Crippen LogP contribution >= 0.6 is 12.2 Å². The molecule has 0 unspecified atom stereocenters. The van der Waals surface area contributed by atoms with Crippen LogP contribution in [0.5, 0.6) is 0 Å². The molecule has 0 aliphatic carbocycles. The second-order valence-corrected chi connectivity index (χ2v) is 5.59. The van der Waals surface area contributed by atoms with Gasteiger partial charge in [-0.15, -0.1) is 0 Å². The minimum atomic E-state index is 0.568. The first-order valence-corrected chi connectivity index (χ1v) is 7.86. The van der Waals surface area contributed by atoms with Gasteiger partial charge in [0.25, 0.3) is 0 Å². The highest BCUT2D eigenvalue weighted by atomic mass is 32.1. The molecule has 1 aromatic heterocycles. The van der Waals surface area contributed by atoms with Crippen molar-refractivity contribution >= 4 is 23.1 Å². The molecule has 116 valence electrons. The predicted octanol–water partition coefficient (Wildman–Crippen LogP) is 3.42. The molecule has 0 saturated carbocycles. The van der Waals surface area contributed by atoms with Crippen LogP contribution in [0.25, 0.3) is 0 Å². The molecule has 0 amide bonds.